The first-order chi connectivity index (χ1) is 12.9. The van der Waals surface area contributed by atoms with Gasteiger partial charge < -0.3 is 15.1 Å². The monoisotopic (exact) mass is 389 g/mol. The zero-order chi connectivity index (χ0) is 19.4. The molecule has 2 amide bonds. The van der Waals surface area contributed by atoms with Gasteiger partial charge in [0.15, 0.2) is 0 Å². The average molecular weight is 390 g/mol. The Labute approximate surface area is 166 Å². The van der Waals surface area contributed by atoms with Crippen LogP contribution in [0.2, 0.25) is 5.02 Å². The highest BCUT2D eigenvalue weighted by atomic mass is 35.5. The van der Waals surface area contributed by atoms with Crippen LogP contribution in [0.1, 0.15) is 18.3 Å². The number of hydrogen-bond acceptors (Lipinski definition) is 3. The molecule has 0 bridgehead atoms. The first-order valence-electron chi connectivity index (χ1n) is 9.46. The summed E-state index contributed by atoms with van der Waals surface area (Å²) in [6, 6.07) is 9.95. The van der Waals surface area contributed by atoms with Crippen molar-refractivity contribution in [3.63, 3.8) is 0 Å². The van der Waals surface area contributed by atoms with Crippen LogP contribution in [0.15, 0.2) is 30.3 Å². The van der Waals surface area contributed by atoms with Crippen molar-refractivity contribution in [2.45, 2.75) is 27.3 Å². The van der Waals surface area contributed by atoms with E-state index in [2.05, 4.69) is 41.3 Å². The number of piperazine rings is 1. The van der Waals surface area contributed by atoms with E-state index in [-0.39, 0.29) is 6.03 Å². The maximum atomic E-state index is 12.5. The van der Waals surface area contributed by atoms with Gasteiger partial charge in [-0.25, -0.2) is 4.79 Å². The van der Waals surface area contributed by atoms with E-state index in [4.69, 9.17) is 11.6 Å². The average Bonchev–Trinajstić information content (AvgIpc) is 2.96. The van der Waals surface area contributed by atoms with Crippen molar-refractivity contribution in [2.75, 3.05) is 37.6 Å². The number of carbonyl (C=O) groups excluding carboxylic acids is 1. The number of aryl methyl sites for hydroxylation is 2. The van der Waals surface area contributed by atoms with E-state index in [1.54, 1.807) is 0 Å². The van der Waals surface area contributed by atoms with E-state index < -0.39 is 0 Å². The van der Waals surface area contributed by atoms with Crippen molar-refractivity contribution in [3.05, 3.63) is 46.7 Å². The van der Waals surface area contributed by atoms with Gasteiger partial charge in [0.1, 0.15) is 0 Å². The third-order valence-corrected chi connectivity index (χ3v) is 5.17. The fourth-order valence-electron chi connectivity index (χ4n) is 3.43. The number of amides is 2. The Morgan fingerprint density at radius 1 is 1.22 bits per heavy atom. The van der Waals surface area contributed by atoms with Crippen LogP contribution in [0.25, 0.3) is 0 Å². The lowest BCUT2D eigenvalue weighted by atomic mass is 10.2. The number of hydrogen-bond donors (Lipinski definition) is 1. The second-order valence-electron chi connectivity index (χ2n) is 7.35. The molecule has 0 saturated carbocycles. The largest absolute Gasteiger partial charge is 0.368 e. The maximum absolute atomic E-state index is 12.5. The molecule has 1 fully saturated rings. The predicted octanol–water partition coefficient (Wildman–Crippen LogP) is 3.32. The molecule has 3 rings (SSSR count). The van der Waals surface area contributed by atoms with Crippen molar-refractivity contribution in [1.29, 1.82) is 0 Å². The van der Waals surface area contributed by atoms with Gasteiger partial charge in [0.05, 0.1) is 5.69 Å². The second-order valence-corrected chi connectivity index (χ2v) is 7.79. The Bertz CT molecular complexity index is 782. The molecule has 7 heteroatoms. The SMILES string of the molecule is Cc1cc(C)n(CC(C)CNC(=O)N2CCN(c3cccc(Cl)c3)CC2)n1. The molecule has 146 valence electrons. The molecule has 2 heterocycles. The van der Waals surface area contributed by atoms with Crippen LogP contribution in [-0.2, 0) is 6.54 Å². The minimum atomic E-state index is 0.0148. The Hall–Kier alpha value is -2.21. The van der Waals surface area contributed by atoms with Gasteiger partial charge in [-0.15, -0.1) is 0 Å². The van der Waals surface area contributed by atoms with Crippen molar-refractivity contribution in [3.8, 4) is 0 Å². The van der Waals surface area contributed by atoms with E-state index >= 15 is 0 Å². The number of carbonyl (C=O) groups is 1. The lowest BCUT2D eigenvalue weighted by Crippen LogP contribution is -2.52. The molecule has 1 saturated heterocycles. The van der Waals surface area contributed by atoms with Crippen LogP contribution in [-0.4, -0.2) is 53.4 Å². The topological polar surface area (TPSA) is 53.4 Å². The summed E-state index contributed by atoms with van der Waals surface area (Å²) < 4.78 is 2.01. The van der Waals surface area contributed by atoms with E-state index in [0.717, 1.165) is 41.7 Å². The molecule has 27 heavy (non-hydrogen) atoms. The molecule has 0 spiro atoms. The van der Waals surface area contributed by atoms with Crippen molar-refractivity contribution in [2.24, 2.45) is 5.92 Å². The van der Waals surface area contributed by atoms with Gasteiger partial charge in [-0.2, -0.15) is 5.10 Å². The molecular formula is C20H28ClN5O. The summed E-state index contributed by atoms with van der Waals surface area (Å²) in [5.74, 6) is 0.319. The molecule has 1 aliphatic rings. The molecule has 1 unspecified atom stereocenters. The summed E-state index contributed by atoms with van der Waals surface area (Å²) in [7, 11) is 0. The van der Waals surface area contributed by atoms with Gasteiger partial charge >= 0.3 is 6.03 Å². The molecule has 1 aliphatic heterocycles. The fraction of sp³-hybridized carbons (Fsp3) is 0.500. The van der Waals surface area contributed by atoms with E-state index in [9.17, 15) is 4.79 Å². The lowest BCUT2D eigenvalue weighted by Gasteiger charge is -2.36. The molecule has 0 radical (unpaired) electrons. The third-order valence-electron chi connectivity index (χ3n) is 4.93. The number of halogens is 1. The standard InChI is InChI=1S/C20H28ClN5O/c1-15(14-26-17(3)11-16(2)23-26)13-22-20(27)25-9-7-24(8-10-25)19-6-4-5-18(21)12-19/h4-6,11-12,15H,7-10,13-14H2,1-3H3,(H,22,27). The fourth-order valence-corrected chi connectivity index (χ4v) is 3.62. The van der Waals surface area contributed by atoms with Gasteiger partial charge in [-0.1, -0.05) is 24.6 Å². The van der Waals surface area contributed by atoms with Gasteiger partial charge in [-0.05, 0) is 44.0 Å². The highest BCUT2D eigenvalue weighted by molar-refractivity contribution is 6.30. The zero-order valence-electron chi connectivity index (χ0n) is 16.3. The Morgan fingerprint density at radius 2 is 1.96 bits per heavy atom. The summed E-state index contributed by atoms with van der Waals surface area (Å²) in [6.45, 7) is 10.7. The number of nitrogens with one attached hydrogen (secondary N) is 1. The Morgan fingerprint density at radius 3 is 2.59 bits per heavy atom. The summed E-state index contributed by atoms with van der Waals surface area (Å²) in [5.41, 5.74) is 3.30. The number of benzene rings is 1. The minimum Gasteiger partial charge on any atom is -0.368 e. The van der Waals surface area contributed by atoms with Gasteiger partial charge in [0, 0.05) is 55.7 Å². The first kappa shape index (κ1) is 19.5. The zero-order valence-corrected chi connectivity index (χ0v) is 17.0. The highest BCUT2D eigenvalue weighted by Gasteiger charge is 2.21. The van der Waals surface area contributed by atoms with Gasteiger partial charge in [0.25, 0.3) is 0 Å². The molecule has 2 aromatic rings. The second kappa shape index (κ2) is 8.65. The number of nitrogens with zero attached hydrogens (tertiary/aromatic N) is 4. The van der Waals surface area contributed by atoms with Crippen LogP contribution in [0.4, 0.5) is 10.5 Å². The normalized spacial score (nSPS) is 15.7. The summed E-state index contributed by atoms with van der Waals surface area (Å²) in [6.07, 6.45) is 0. The number of anilines is 1. The molecule has 1 N–H and O–H groups in total. The molecule has 0 aliphatic carbocycles. The van der Waals surface area contributed by atoms with Crippen LogP contribution in [0.3, 0.4) is 0 Å². The van der Waals surface area contributed by atoms with E-state index in [1.807, 2.05) is 34.7 Å². The number of aromatic nitrogens is 2. The minimum absolute atomic E-state index is 0.0148. The van der Waals surface area contributed by atoms with Crippen molar-refractivity contribution < 1.29 is 4.79 Å². The molecule has 1 aromatic heterocycles. The van der Waals surface area contributed by atoms with Gasteiger partial charge in [0.2, 0.25) is 0 Å². The summed E-state index contributed by atoms with van der Waals surface area (Å²) in [4.78, 5) is 16.6. The van der Waals surface area contributed by atoms with Crippen molar-refractivity contribution in [1.82, 2.24) is 20.0 Å². The first-order valence-corrected chi connectivity index (χ1v) is 9.84. The highest BCUT2D eigenvalue weighted by Crippen LogP contribution is 2.20. The molecular weight excluding hydrogens is 362 g/mol. The third kappa shape index (κ3) is 5.16. The van der Waals surface area contributed by atoms with Crippen LogP contribution in [0, 0.1) is 19.8 Å². The van der Waals surface area contributed by atoms with Crippen molar-refractivity contribution >= 4 is 23.3 Å². The van der Waals surface area contributed by atoms with E-state index in [1.165, 1.54) is 0 Å². The molecule has 1 atom stereocenters. The predicted molar refractivity (Wildman–Crippen MR) is 110 cm³/mol. The smallest absolute Gasteiger partial charge is 0.317 e. The summed E-state index contributed by atoms with van der Waals surface area (Å²) >= 11 is 6.08. The lowest BCUT2D eigenvalue weighted by molar-refractivity contribution is 0.192. The van der Waals surface area contributed by atoms with Gasteiger partial charge in [-0.3, -0.25) is 4.68 Å². The molecule has 1 aromatic carbocycles. The van der Waals surface area contributed by atoms with Crippen LogP contribution < -0.4 is 10.2 Å². The van der Waals surface area contributed by atoms with Crippen LogP contribution in [0.5, 0.6) is 0 Å². The summed E-state index contributed by atoms with van der Waals surface area (Å²) in [5, 5.41) is 8.30. The number of rotatable bonds is 5. The Kier molecular flexibility index (Phi) is 6.26. The quantitative estimate of drug-likeness (QED) is 0.853. The van der Waals surface area contributed by atoms with Crippen LogP contribution >= 0.6 is 11.6 Å². The maximum Gasteiger partial charge on any atom is 0.317 e. The molecule has 6 nitrogen and oxygen atoms in total. The van der Waals surface area contributed by atoms with E-state index in [0.29, 0.717) is 25.6 Å². The Balaban J connectivity index is 1.43. The number of urea groups is 1.